The number of hydrogen-bond donors (Lipinski definition) is 1. The number of halogens is 1. The van der Waals surface area contributed by atoms with Crippen molar-refractivity contribution in [3.05, 3.63) is 82.7 Å². The SMILES string of the molecule is CC(=O)N1C=Cc2ccccc2C1CC(=O)Nc1cc(Br)ccc1-n1cccn1. The molecular formula is C22H19BrN4O2. The van der Waals surface area contributed by atoms with Crippen molar-refractivity contribution in [1.29, 1.82) is 0 Å². The quantitative estimate of drug-likeness (QED) is 0.634. The number of benzene rings is 2. The van der Waals surface area contributed by atoms with Gasteiger partial charge >= 0.3 is 0 Å². The normalized spacial score (nSPS) is 15.1. The fourth-order valence-electron chi connectivity index (χ4n) is 3.51. The Hall–Kier alpha value is -3.19. The van der Waals surface area contributed by atoms with E-state index in [0.717, 1.165) is 21.3 Å². The molecule has 0 saturated carbocycles. The second-order valence-corrected chi connectivity index (χ2v) is 7.67. The minimum atomic E-state index is -0.353. The lowest BCUT2D eigenvalue weighted by molar-refractivity contribution is -0.129. The highest BCUT2D eigenvalue weighted by Crippen LogP contribution is 2.33. The van der Waals surface area contributed by atoms with E-state index in [4.69, 9.17) is 0 Å². The van der Waals surface area contributed by atoms with Crippen molar-refractivity contribution >= 4 is 39.5 Å². The molecule has 0 radical (unpaired) electrons. The van der Waals surface area contributed by atoms with Crippen molar-refractivity contribution < 1.29 is 9.59 Å². The van der Waals surface area contributed by atoms with E-state index >= 15 is 0 Å². The zero-order valence-electron chi connectivity index (χ0n) is 15.7. The number of nitrogens with zero attached hydrogens (tertiary/aromatic N) is 3. The van der Waals surface area contributed by atoms with Gasteiger partial charge in [-0.25, -0.2) is 4.68 Å². The summed E-state index contributed by atoms with van der Waals surface area (Å²) >= 11 is 3.46. The van der Waals surface area contributed by atoms with Crippen LogP contribution in [-0.4, -0.2) is 26.5 Å². The van der Waals surface area contributed by atoms with Gasteiger partial charge in [-0.3, -0.25) is 9.59 Å². The third-order valence-corrected chi connectivity index (χ3v) is 5.33. The molecule has 0 fully saturated rings. The van der Waals surface area contributed by atoms with Crippen LogP contribution in [0.3, 0.4) is 0 Å². The van der Waals surface area contributed by atoms with Gasteiger partial charge < -0.3 is 10.2 Å². The molecule has 0 bridgehead atoms. The summed E-state index contributed by atoms with van der Waals surface area (Å²) in [5.41, 5.74) is 3.38. The molecule has 3 aromatic rings. The topological polar surface area (TPSA) is 67.2 Å². The van der Waals surface area contributed by atoms with Crippen LogP contribution in [-0.2, 0) is 9.59 Å². The Morgan fingerprint density at radius 2 is 2.00 bits per heavy atom. The van der Waals surface area contributed by atoms with Gasteiger partial charge in [0.1, 0.15) is 0 Å². The predicted octanol–water partition coefficient (Wildman–Crippen LogP) is 4.54. The summed E-state index contributed by atoms with van der Waals surface area (Å²) in [5, 5.41) is 7.24. The monoisotopic (exact) mass is 450 g/mol. The fourth-order valence-corrected chi connectivity index (χ4v) is 3.87. The highest BCUT2D eigenvalue weighted by Gasteiger charge is 2.28. The summed E-state index contributed by atoms with van der Waals surface area (Å²) in [4.78, 5) is 26.7. The number of anilines is 1. The number of nitrogens with one attached hydrogen (secondary N) is 1. The van der Waals surface area contributed by atoms with Gasteiger partial charge in [0.05, 0.1) is 23.8 Å². The minimum absolute atomic E-state index is 0.103. The van der Waals surface area contributed by atoms with Crippen molar-refractivity contribution in [3.63, 3.8) is 0 Å². The minimum Gasteiger partial charge on any atom is -0.324 e. The third-order valence-electron chi connectivity index (χ3n) is 4.83. The Kier molecular flexibility index (Phi) is 5.31. The second-order valence-electron chi connectivity index (χ2n) is 6.75. The summed E-state index contributed by atoms with van der Waals surface area (Å²) in [7, 11) is 0. The first kappa shape index (κ1) is 19.1. The van der Waals surface area contributed by atoms with E-state index in [1.807, 2.05) is 60.8 Å². The summed E-state index contributed by atoms with van der Waals surface area (Å²) in [5.74, 6) is -0.286. The van der Waals surface area contributed by atoms with E-state index in [-0.39, 0.29) is 24.3 Å². The van der Waals surface area contributed by atoms with Crippen molar-refractivity contribution in [2.75, 3.05) is 5.32 Å². The molecular weight excluding hydrogens is 432 g/mol. The summed E-state index contributed by atoms with van der Waals surface area (Å²) in [6.45, 7) is 1.51. The largest absolute Gasteiger partial charge is 0.324 e. The van der Waals surface area contributed by atoms with E-state index in [9.17, 15) is 9.59 Å². The summed E-state index contributed by atoms with van der Waals surface area (Å²) in [6, 6.07) is 14.9. The van der Waals surface area contributed by atoms with Gasteiger partial charge in [0, 0.05) is 30.0 Å². The summed E-state index contributed by atoms with van der Waals surface area (Å²) < 4.78 is 2.54. The number of carbonyl (C=O) groups is 2. The molecule has 29 heavy (non-hydrogen) atoms. The van der Waals surface area contributed by atoms with Crippen molar-refractivity contribution in [1.82, 2.24) is 14.7 Å². The highest BCUT2D eigenvalue weighted by molar-refractivity contribution is 9.10. The van der Waals surface area contributed by atoms with E-state index in [2.05, 4.69) is 26.3 Å². The Bertz CT molecular complexity index is 1090. The predicted molar refractivity (Wildman–Crippen MR) is 115 cm³/mol. The Morgan fingerprint density at radius 1 is 1.17 bits per heavy atom. The van der Waals surface area contributed by atoms with Crippen LogP contribution in [0.1, 0.15) is 30.5 Å². The van der Waals surface area contributed by atoms with Gasteiger partial charge in [-0.1, -0.05) is 40.2 Å². The molecule has 2 amide bonds. The molecule has 2 heterocycles. The molecule has 7 heteroatoms. The lowest BCUT2D eigenvalue weighted by atomic mass is 9.93. The summed E-state index contributed by atoms with van der Waals surface area (Å²) in [6.07, 6.45) is 7.29. The van der Waals surface area contributed by atoms with Gasteiger partial charge in [-0.2, -0.15) is 5.10 Å². The Morgan fingerprint density at radius 3 is 2.76 bits per heavy atom. The number of carbonyl (C=O) groups excluding carboxylic acids is 2. The van der Waals surface area contributed by atoms with Crippen LogP contribution in [0.25, 0.3) is 11.8 Å². The van der Waals surface area contributed by atoms with Gasteiger partial charge in [-0.05, 0) is 41.5 Å². The molecule has 2 aromatic carbocycles. The smallest absolute Gasteiger partial charge is 0.226 e. The number of fused-ring (bicyclic) bond motifs is 1. The molecule has 1 N–H and O–H groups in total. The first-order chi connectivity index (χ1) is 14.0. The zero-order valence-corrected chi connectivity index (χ0v) is 17.3. The molecule has 4 rings (SSSR count). The van der Waals surface area contributed by atoms with E-state index in [1.165, 1.54) is 6.92 Å². The van der Waals surface area contributed by atoms with E-state index in [0.29, 0.717) is 5.69 Å². The van der Waals surface area contributed by atoms with Gasteiger partial charge in [-0.15, -0.1) is 0 Å². The van der Waals surface area contributed by atoms with Crippen LogP contribution < -0.4 is 5.32 Å². The maximum Gasteiger partial charge on any atom is 0.226 e. The number of rotatable bonds is 4. The van der Waals surface area contributed by atoms with Crippen LogP contribution in [0.2, 0.25) is 0 Å². The number of amides is 2. The molecule has 6 nitrogen and oxygen atoms in total. The maximum atomic E-state index is 13.0. The molecule has 1 atom stereocenters. The maximum absolute atomic E-state index is 13.0. The van der Waals surface area contributed by atoms with Crippen LogP contribution in [0.15, 0.2) is 71.6 Å². The lowest BCUT2D eigenvalue weighted by Gasteiger charge is -2.32. The van der Waals surface area contributed by atoms with E-state index in [1.54, 1.807) is 22.0 Å². The molecule has 1 aromatic heterocycles. The molecule has 146 valence electrons. The zero-order chi connectivity index (χ0) is 20.4. The Labute approximate surface area is 177 Å². The molecule has 1 aliphatic rings. The van der Waals surface area contributed by atoms with Crippen LogP contribution in [0.4, 0.5) is 5.69 Å². The van der Waals surface area contributed by atoms with Gasteiger partial charge in [0.2, 0.25) is 11.8 Å². The van der Waals surface area contributed by atoms with E-state index < -0.39 is 0 Å². The average molecular weight is 451 g/mol. The standard InChI is InChI=1S/C22H19BrN4O2/c1-15(28)26-12-9-16-5-2-3-6-18(16)21(26)14-22(29)25-19-13-17(23)7-8-20(19)27-11-4-10-24-27/h2-13,21H,14H2,1H3,(H,25,29). The third kappa shape index (κ3) is 4.00. The van der Waals surface area contributed by atoms with Crippen LogP contribution in [0, 0.1) is 0 Å². The molecule has 0 aliphatic carbocycles. The molecule has 0 spiro atoms. The van der Waals surface area contributed by atoms with Crippen LogP contribution in [0.5, 0.6) is 0 Å². The van der Waals surface area contributed by atoms with Gasteiger partial charge in [0.25, 0.3) is 0 Å². The molecule has 1 unspecified atom stereocenters. The number of hydrogen-bond acceptors (Lipinski definition) is 3. The van der Waals surface area contributed by atoms with Crippen molar-refractivity contribution in [2.24, 2.45) is 0 Å². The van der Waals surface area contributed by atoms with Crippen molar-refractivity contribution in [3.8, 4) is 5.69 Å². The first-order valence-corrected chi connectivity index (χ1v) is 9.97. The van der Waals surface area contributed by atoms with Crippen LogP contribution >= 0.6 is 15.9 Å². The molecule has 0 saturated heterocycles. The second kappa shape index (κ2) is 8.05. The fraction of sp³-hybridized carbons (Fsp3) is 0.136. The number of aromatic nitrogens is 2. The molecule has 1 aliphatic heterocycles. The van der Waals surface area contributed by atoms with Crippen molar-refractivity contribution in [2.45, 2.75) is 19.4 Å². The highest BCUT2D eigenvalue weighted by atomic mass is 79.9. The first-order valence-electron chi connectivity index (χ1n) is 9.18. The van der Waals surface area contributed by atoms with Gasteiger partial charge in [0.15, 0.2) is 0 Å². The average Bonchev–Trinajstić information content (AvgIpc) is 3.22. The lowest BCUT2D eigenvalue weighted by Crippen LogP contribution is -2.33. The Balaban J connectivity index is 1.61.